The van der Waals surface area contributed by atoms with E-state index in [9.17, 15) is 4.79 Å². The van der Waals surface area contributed by atoms with Crippen molar-refractivity contribution in [2.75, 3.05) is 39.8 Å². The number of rotatable bonds is 5. The van der Waals surface area contributed by atoms with Crippen LogP contribution in [0.3, 0.4) is 0 Å². The predicted octanol–water partition coefficient (Wildman–Crippen LogP) is 4.40. The lowest BCUT2D eigenvalue weighted by atomic mass is 10.0. The first-order chi connectivity index (χ1) is 14.2. The van der Waals surface area contributed by atoms with Crippen LogP contribution in [0.15, 0.2) is 24.4 Å². The molecular formula is C24H35N3O2. The van der Waals surface area contributed by atoms with Crippen LogP contribution in [0.5, 0.6) is 5.75 Å². The van der Waals surface area contributed by atoms with Gasteiger partial charge in [0, 0.05) is 44.3 Å². The first-order valence-electron chi connectivity index (χ1n) is 11.4. The third kappa shape index (κ3) is 4.30. The van der Waals surface area contributed by atoms with Gasteiger partial charge in [-0.3, -0.25) is 4.79 Å². The van der Waals surface area contributed by atoms with Crippen molar-refractivity contribution in [1.82, 2.24) is 14.4 Å². The van der Waals surface area contributed by atoms with Crippen molar-refractivity contribution < 1.29 is 9.53 Å². The molecule has 1 saturated carbocycles. The molecule has 0 radical (unpaired) electrons. The Morgan fingerprint density at radius 3 is 2.45 bits per heavy atom. The SMILES string of the molecule is CCN1CCN(C(=O)c2cn(CC3CCCCCC3)c3c(OC)cccc23)CC1. The van der Waals surface area contributed by atoms with Crippen LogP contribution in [0.4, 0.5) is 0 Å². The van der Waals surface area contributed by atoms with E-state index in [1.807, 2.05) is 17.0 Å². The van der Waals surface area contributed by atoms with Crippen LogP contribution in [0, 0.1) is 5.92 Å². The summed E-state index contributed by atoms with van der Waals surface area (Å²) in [5.74, 6) is 1.72. The van der Waals surface area contributed by atoms with E-state index in [0.717, 1.165) is 61.5 Å². The van der Waals surface area contributed by atoms with E-state index in [2.05, 4.69) is 28.7 Å². The normalized spacial score (nSPS) is 19.4. The monoisotopic (exact) mass is 397 g/mol. The van der Waals surface area contributed by atoms with Gasteiger partial charge in [0.15, 0.2) is 0 Å². The molecule has 5 nitrogen and oxygen atoms in total. The van der Waals surface area contributed by atoms with Gasteiger partial charge in [-0.25, -0.2) is 0 Å². The highest BCUT2D eigenvalue weighted by Gasteiger charge is 2.26. The second-order valence-electron chi connectivity index (χ2n) is 8.64. The Kier molecular flexibility index (Phi) is 6.43. The Labute approximate surface area is 174 Å². The number of para-hydroxylation sites is 1. The van der Waals surface area contributed by atoms with Crippen LogP contribution in [-0.4, -0.2) is 60.1 Å². The lowest BCUT2D eigenvalue weighted by molar-refractivity contribution is 0.0645. The quantitative estimate of drug-likeness (QED) is 0.702. The first kappa shape index (κ1) is 20.3. The average molecular weight is 398 g/mol. The maximum Gasteiger partial charge on any atom is 0.256 e. The lowest BCUT2D eigenvalue weighted by Crippen LogP contribution is -2.48. The molecular weight excluding hydrogens is 362 g/mol. The van der Waals surface area contributed by atoms with Crippen molar-refractivity contribution in [1.29, 1.82) is 0 Å². The number of nitrogens with zero attached hydrogens (tertiary/aromatic N) is 3. The molecule has 4 rings (SSSR count). The third-order valence-corrected chi connectivity index (χ3v) is 6.85. The summed E-state index contributed by atoms with van der Waals surface area (Å²) < 4.78 is 8.00. The second kappa shape index (κ2) is 9.21. The first-order valence-corrected chi connectivity index (χ1v) is 11.4. The van der Waals surface area contributed by atoms with Gasteiger partial charge in [0.25, 0.3) is 5.91 Å². The number of carbonyl (C=O) groups excluding carboxylic acids is 1. The maximum atomic E-state index is 13.4. The van der Waals surface area contributed by atoms with Gasteiger partial charge in [0.05, 0.1) is 18.2 Å². The van der Waals surface area contributed by atoms with Crippen molar-refractivity contribution in [2.45, 2.75) is 52.0 Å². The number of benzene rings is 1. The van der Waals surface area contributed by atoms with Crippen molar-refractivity contribution in [3.05, 3.63) is 30.0 Å². The number of methoxy groups -OCH3 is 1. The molecule has 1 aliphatic heterocycles. The third-order valence-electron chi connectivity index (χ3n) is 6.85. The minimum Gasteiger partial charge on any atom is -0.495 e. The maximum absolute atomic E-state index is 13.4. The van der Waals surface area contributed by atoms with Crippen molar-refractivity contribution in [2.24, 2.45) is 5.92 Å². The second-order valence-corrected chi connectivity index (χ2v) is 8.64. The number of likely N-dealkylation sites (N-methyl/N-ethyl adjacent to an activating group) is 1. The summed E-state index contributed by atoms with van der Waals surface area (Å²) in [6, 6.07) is 6.10. The Bertz CT molecular complexity index is 828. The molecule has 0 bridgehead atoms. The molecule has 2 heterocycles. The molecule has 1 saturated heterocycles. The molecule has 0 spiro atoms. The number of amides is 1. The van der Waals surface area contributed by atoms with Gasteiger partial charge in [-0.2, -0.15) is 0 Å². The molecule has 0 atom stereocenters. The number of carbonyl (C=O) groups is 1. The van der Waals surface area contributed by atoms with Crippen LogP contribution in [0.2, 0.25) is 0 Å². The molecule has 5 heteroatoms. The molecule has 1 aliphatic carbocycles. The standard InChI is InChI=1S/C24H35N3O2/c1-3-25-13-15-26(16-14-25)24(28)21-18-27(17-19-9-6-4-5-7-10-19)23-20(21)11-8-12-22(23)29-2/h8,11-12,18-19H,3-7,9-10,13-17H2,1-2H3. The number of aromatic nitrogens is 1. The summed E-state index contributed by atoms with van der Waals surface area (Å²) in [5, 5.41) is 1.03. The average Bonchev–Trinajstić information content (AvgIpc) is 2.94. The fourth-order valence-electron chi connectivity index (χ4n) is 5.07. The number of hydrogen-bond acceptors (Lipinski definition) is 3. The van der Waals surface area contributed by atoms with Gasteiger partial charge in [-0.05, 0) is 31.4 Å². The van der Waals surface area contributed by atoms with E-state index in [1.165, 1.54) is 38.5 Å². The molecule has 2 aliphatic rings. The minimum atomic E-state index is 0.165. The molecule has 0 unspecified atom stereocenters. The van der Waals surface area contributed by atoms with Crippen molar-refractivity contribution in [3.63, 3.8) is 0 Å². The van der Waals surface area contributed by atoms with Gasteiger partial charge in [-0.1, -0.05) is 44.7 Å². The largest absolute Gasteiger partial charge is 0.495 e. The summed E-state index contributed by atoms with van der Waals surface area (Å²) in [6.07, 6.45) is 10.1. The number of fused-ring (bicyclic) bond motifs is 1. The highest BCUT2D eigenvalue weighted by Crippen LogP contribution is 2.33. The molecule has 2 fully saturated rings. The minimum absolute atomic E-state index is 0.165. The van der Waals surface area contributed by atoms with E-state index < -0.39 is 0 Å². The summed E-state index contributed by atoms with van der Waals surface area (Å²) in [7, 11) is 1.73. The van der Waals surface area contributed by atoms with Crippen LogP contribution in [-0.2, 0) is 6.54 Å². The van der Waals surface area contributed by atoms with Gasteiger partial charge in [0.2, 0.25) is 0 Å². The van der Waals surface area contributed by atoms with Crippen LogP contribution >= 0.6 is 0 Å². The summed E-state index contributed by atoms with van der Waals surface area (Å²) in [4.78, 5) is 17.9. The molecule has 2 aromatic rings. The predicted molar refractivity (Wildman–Crippen MR) is 118 cm³/mol. The highest BCUT2D eigenvalue weighted by molar-refractivity contribution is 6.08. The Hall–Kier alpha value is -2.01. The van der Waals surface area contributed by atoms with Gasteiger partial charge in [-0.15, -0.1) is 0 Å². The van der Waals surface area contributed by atoms with E-state index in [4.69, 9.17) is 4.74 Å². The molecule has 1 amide bonds. The smallest absolute Gasteiger partial charge is 0.256 e. The Morgan fingerprint density at radius 1 is 1.07 bits per heavy atom. The molecule has 1 aromatic carbocycles. The fourth-order valence-corrected chi connectivity index (χ4v) is 5.07. The van der Waals surface area contributed by atoms with Crippen LogP contribution in [0.25, 0.3) is 10.9 Å². The van der Waals surface area contributed by atoms with E-state index in [0.29, 0.717) is 5.92 Å². The number of ether oxygens (including phenoxy) is 1. The molecule has 158 valence electrons. The van der Waals surface area contributed by atoms with E-state index in [1.54, 1.807) is 7.11 Å². The Morgan fingerprint density at radius 2 is 1.79 bits per heavy atom. The van der Waals surface area contributed by atoms with Crippen molar-refractivity contribution >= 4 is 16.8 Å². The zero-order valence-electron chi connectivity index (χ0n) is 18.0. The summed E-state index contributed by atoms with van der Waals surface area (Å²) in [6.45, 7) is 7.77. The number of hydrogen-bond donors (Lipinski definition) is 0. The van der Waals surface area contributed by atoms with Gasteiger partial charge >= 0.3 is 0 Å². The van der Waals surface area contributed by atoms with E-state index >= 15 is 0 Å². The lowest BCUT2D eigenvalue weighted by Gasteiger charge is -2.34. The summed E-state index contributed by atoms with van der Waals surface area (Å²) in [5.41, 5.74) is 1.91. The number of piperazine rings is 1. The fraction of sp³-hybridized carbons (Fsp3) is 0.625. The topological polar surface area (TPSA) is 37.7 Å². The molecule has 1 aromatic heterocycles. The highest BCUT2D eigenvalue weighted by atomic mass is 16.5. The Balaban J connectivity index is 1.64. The van der Waals surface area contributed by atoms with E-state index in [-0.39, 0.29) is 5.91 Å². The zero-order valence-corrected chi connectivity index (χ0v) is 18.0. The van der Waals surface area contributed by atoms with Gasteiger partial charge < -0.3 is 19.1 Å². The zero-order chi connectivity index (χ0) is 20.2. The van der Waals surface area contributed by atoms with Gasteiger partial charge in [0.1, 0.15) is 5.75 Å². The van der Waals surface area contributed by atoms with Crippen molar-refractivity contribution in [3.8, 4) is 5.75 Å². The van der Waals surface area contributed by atoms with Crippen LogP contribution in [0.1, 0.15) is 55.8 Å². The molecule has 29 heavy (non-hydrogen) atoms. The summed E-state index contributed by atoms with van der Waals surface area (Å²) >= 11 is 0. The molecule has 0 N–H and O–H groups in total. The van der Waals surface area contributed by atoms with Crippen LogP contribution < -0.4 is 4.74 Å².